The minimum atomic E-state index is -0.580. The van der Waals surface area contributed by atoms with Crippen LogP contribution in [-0.2, 0) is 23.8 Å². The summed E-state index contributed by atoms with van der Waals surface area (Å²) in [7, 11) is 0. The quantitative estimate of drug-likeness (QED) is 0.495. The molecule has 0 aromatic carbocycles. The fraction of sp³-hybridized carbons (Fsp3) is 0.900. The van der Waals surface area contributed by atoms with Gasteiger partial charge in [0.15, 0.2) is 6.29 Å². The molecule has 6 nitrogen and oxygen atoms in total. The predicted octanol–water partition coefficient (Wildman–Crippen LogP) is 3.10. The van der Waals surface area contributed by atoms with E-state index in [0.29, 0.717) is 19.4 Å². The van der Waals surface area contributed by atoms with Gasteiger partial charge in [0.05, 0.1) is 6.61 Å². The van der Waals surface area contributed by atoms with E-state index in [1.807, 2.05) is 13.8 Å². The maximum absolute atomic E-state index is 11.9. The summed E-state index contributed by atoms with van der Waals surface area (Å²) in [5, 5.41) is 9.55. The maximum Gasteiger partial charge on any atom is 0.303 e. The summed E-state index contributed by atoms with van der Waals surface area (Å²) < 4.78 is 17.0. The first-order valence-electron chi connectivity index (χ1n) is 9.62. The van der Waals surface area contributed by atoms with Gasteiger partial charge in [-0.2, -0.15) is 0 Å². The van der Waals surface area contributed by atoms with E-state index in [9.17, 15) is 14.7 Å². The van der Waals surface area contributed by atoms with Crippen molar-refractivity contribution >= 4 is 11.8 Å². The molecule has 0 saturated carbocycles. The van der Waals surface area contributed by atoms with Gasteiger partial charge in [0, 0.05) is 38.2 Å². The zero-order chi connectivity index (χ0) is 19.9. The van der Waals surface area contributed by atoms with Crippen LogP contribution in [0.1, 0.15) is 67.2 Å². The van der Waals surface area contributed by atoms with Gasteiger partial charge in [0.25, 0.3) is 0 Å². The largest absolute Gasteiger partial charge is 0.459 e. The van der Waals surface area contributed by atoms with E-state index < -0.39 is 18.5 Å². The van der Waals surface area contributed by atoms with Crippen LogP contribution in [0.15, 0.2) is 0 Å². The molecule has 1 N–H and O–H groups in total. The van der Waals surface area contributed by atoms with Gasteiger partial charge in [-0.25, -0.2) is 0 Å². The van der Waals surface area contributed by atoms with Gasteiger partial charge in [-0.1, -0.05) is 34.6 Å². The highest BCUT2D eigenvalue weighted by molar-refractivity contribution is 5.78. The Hall–Kier alpha value is -0.980. The van der Waals surface area contributed by atoms with Crippen molar-refractivity contribution in [2.45, 2.75) is 85.7 Å². The number of aliphatic hydroxyl groups excluding tert-OH is 1. The Morgan fingerprint density at radius 2 is 1.77 bits per heavy atom. The number of carbonyl (C=O) groups is 2. The molecule has 1 saturated heterocycles. The summed E-state index contributed by atoms with van der Waals surface area (Å²) in [4.78, 5) is 23.2. The summed E-state index contributed by atoms with van der Waals surface area (Å²) in [5.41, 5.74) is 0.0346. The van der Waals surface area contributed by atoms with E-state index in [0.717, 1.165) is 12.8 Å². The zero-order valence-electron chi connectivity index (χ0n) is 17.1. The van der Waals surface area contributed by atoms with Gasteiger partial charge in [-0.05, 0) is 18.3 Å². The average molecular weight is 373 g/mol. The Kier molecular flexibility index (Phi) is 9.21. The lowest BCUT2D eigenvalue weighted by atomic mass is 9.84. The van der Waals surface area contributed by atoms with E-state index in [2.05, 4.69) is 20.8 Å². The summed E-state index contributed by atoms with van der Waals surface area (Å²) in [6.45, 7) is 11.8. The van der Waals surface area contributed by atoms with Crippen molar-refractivity contribution in [3.8, 4) is 0 Å². The third kappa shape index (κ3) is 7.72. The van der Waals surface area contributed by atoms with Crippen molar-refractivity contribution in [1.29, 1.82) is 0 Å². The van der Waals surface area contributed by atoms with Crippen molar-refractivity contribution in [3.63, 3.8) is 0 Å². The number of rotatable bonds is 9. The number of ketones is 1. The minimum absolute atomic E-state index is 0.0168. The third-order valence-electron chi connectivity index (χ3n) is 4.79. The van der Waals surface area contributed by atoms with E-state index in [-0.39, 0.29) is 35.6 Å². The molecular formula is C20H36O6. The molecule has 1 heterocycles. The number of aliphatic hydroxyl groups is 1. The lowest BCUT2D eigenvalue weighted by Gasteiger charge is -2.43. The van der Waals surface area contributed by atoms with Crippen LogP contribution in [0, 0.1) is 17.3 Å². The number of carbonyl (C=O) groups excluding carboxylic acids is 2. The summed E-state index contributed by atoms with van der Waals surface area (Å²) in [6, 6.07) is 0. The topological polar surface area (TPSA) is 82.1 Å². The Labute approximate surface area is 157 Å². The van der Waals surface area contributed by atoms with Gasteiger partial charge in [-0.3, -0.25) is 9.59 Å². The van der Waals surface area contributed by atoms with Crippen LogP contribution in [0.4, 0.5) is 0 Å². The molecule has 26 heavy (non-hydrogen) atoms. The van der Waals surface area contributed by atoms with Gasteiger partial charge in [0.1, 0.15) is 18.0 Å². The molecule has 1 aliphatic heterocycles. The SMILES string of the molecule is CC(=O)OC1C(CO)OC(OCCCCC(=O)CC(C)(C)C)C(C)C1C. The van der Waals surface area contributed by atoms with Crippen LogP contribution in [0.2, 0.25) is 0 Å². The first-order valence-corrected chi connectivity index (χ1v) is 9.62. The summed E-state index contributed by atoms with van der Waals surface area (Å²) in [6.07, 6.45) is 1.26. The Balaban J connectivity index is 2.39. The predicted molar refractivity (Wildman–Crippen MR) is 98.5 cm³/mol. The number of unbranched alkanes of at least 4 members (excludes halogenated alkanes) is 1. The lowest BCUT2D eigenvalue weighted by Crippen LogP contribution is -2.53. The van der Waals surface area contributed by atoms with Crippen molar-refractivity contribution in [3.05, 3.63) is 0 Å². The van der Waals surface area contributed by atoms with Crippen LogP contribution < -0.4 is 0 Å². The molecule has 0 radical (unpaired) electrons. The number of hydrogen-bond donors (Lipinski definition) is 1. The molecule has 0 bridgehead atoms. The minimum Gasteiger partial charge on any atom is -0.459 e. The second-order valence-electron chi connectivity index (χ2n) is 8.62. The van der Waals surface area contributed by atoms with Crippen molar-refractivity contribution < 1.29 is 28.9 Å². The molecule has 1 rings (SSSR count). The Morgan fingerprint density at radius 3 is 2.31 bits per heavy atom. The maximum atomic E-state index is 11.9. The molecule has 0 spiro atoms. The fourth-order valence-electron chi connectivity index (χ4n) is 3.28. The van der Waals surface area contributed by atoms with E-state index in [1.165, 1.54) is 6.92 Å². The molecule has 0 aliphatic carbocycles. The highest BCUT2D eigenvalue weighted by Crippen LogP contribution is 2.33. The molecule has 0 aromatic rings. The number of hydrogen-bond acceptors (Lipinski definition) is 6. The molecule has 6 heteroatoms. The van der Waals surface area contributed by atoms with Crippen LogP contribution >= 0.6 is 0 Å². The van der Waals surface area contributed by atoms with Crippen LogP contribution in [0.25, 0.3) is 0 Å². The molecule has 1 aliphatic rings. The molecule has 152 valence electrons. The highest BCUT2D eigenvalue weighted by Gasteiger charge is 2.43. The monoisotopic (exact) mass is 372 g/mol. The number of Topliss-reactive ketones (excluding diaryl/α,β-unsaturated/α-hetero) is 1. The Morgan fingerprint density at radius 1 is 1.12 bits per heavy atom. The van der Waals surface area contributed by atoms with E-state index in [1.54, 1.807) is 0 Å². The standard InChI is InChI=1S/C20H36O6/c1-13-14(2)19(26-17(12-21)18(13)25-15(3)22)24-10-8-7-9-16(23)11-20(4,5)6/h13-14,17-19,21H,7-12H2,1-6H3. The third-order valence-corrected chi connectivity index (χ3v) is 4.79. The first-order chi connectivity index (χ1) is 12.0. The number of ether oxygens (including phenoxy) is 3. The number of esters is 1. The van der Waals surface area contributed by atoms with Gasteiger partial charge < -0.3 is 19.3 Å². The molecule has 5 unspecified atom stereocenters. The molecular weight excluding hydrogens is 336 g/mol. The average Bonchev–Trinajstić information content (AvgIpc) is 2.51. The second-order valence-corrected chi connectivity index (χ2v) is 8.62. The molecule has 0 aromatic heterocycles. The molecule has 0 amide bonds. The van der Waals surface area contributed by atoms with Crippen molar-refractivity contribution in [1.82, 2.24) is 0 Å². The summed E-state index contributed by atoms with van der Waals surface area (Å²) >= 11 is 0. The van der Waals surface area contributed by atoms with E-state index in [4.69, 9.17) is 14.2 Å². The molecule has 5 atom stereocenters. The van der Waals surface area contributed by atoms with Crippen molar-refractivity contribution in [2.24, 2.45) is 17.3 Å². The van der Waals surface area contributed by atoms with Crippen molar-refractivity contribution in [2.75, 3.05) is 13.2 Å². The zero-order valence-corrected chi connectivity index (χ0v) is 17.1. The van der Waals surface area contributed by atoms with Crippen LogP contribution in [0.5, 0.6) is 0 Å². The fourth-order valence-corrected chi connectivity index (χ4v) is 3.28. The van der Waals surface area contributed by atoms with Crippen LogP contribution in [0.3, 0.4) is 0 Å². The molecule has 1 fully saturated rings. The normalized spacial score (nSPS) is 29.4. The smallest absolute Gasteiger partial charge is 0.303 e. The summed E-state index contributed by atoms with van der Waals surface area (Å²) in [5.74, 6) is -0.0406. The van der Waals surface area contributed by atoms with Gasteiger partial charge in [0.2, 0.25) is 0 Å². The van der Waals surface area contributed by atoms with Gasteiger partial charge in [-0.15, -0.1) is 0 Å². The highest BCUT2D eigenvalue weighted by atomic mass is 16.7. The van der Waals surface area contributed by atoms with Gasteiger partial charge >= 0.3 is 5.97 Å². The Bertz CT molecular complexity index is 454. The van der Waals surface area contributed by atoms with Crippen LogP contribution in [-0.4, -0.2) is 48.6 Å². The van der Waals surface area contributed by atoms with E-state index >= 15 is 0 Å². The lowest BCUT2D eigenvalue weighted by molar-refractivity contribution is -0.272. The second kappa shape index (κ2) is 10.4. The first kappa shape index (κ1) is 23.1.